The fraction of sp³-hybridized carbons (Fsp3) is 0.647. The zero-order valence-electron chi connectivity index (χ0n) is 11.6. The number of hydrogen-bond acceptors (Lipinski definition) is 1. The smallest absolute Gasteiger partial charge is 0.00704 e. The van der Waals surface area contributed by atoms with Crippen LogP contribution in [0.5, 0.6) is 0 Å². The molecule has 0 aromatic heterocycles. The Hall–Kier alpha value is -0.820. The van der Waals surface area contributed by atoms with Crippen LogP contribution in [0.1, 0.15) is 51.0 Å². The second kappa shape index (κ2) is 6.94. The van der Waals surface area contributed by atoms with Crippen LogP contribution in [0.15, 0.2) is 30.3 Å². The first-order chi connectivity index (χ1) is 8.79. The highest BCUT2D eigenvalue weighted by atomic mass is 14.6. The maximum absolute atomic E-state index is 6.41. The summed E-state index contributed by atoms with van der Waals surface area (Å²) in [7, 11) is 0. The quantitative estimate of drug-likeness (QED) is 0.828. The molecule has 0 amide bonds. The zero-order chi connectivity index (χ0) is 12.8. The maximum atomic E-state index is 6.41. The first-order valence-corrected chi connectivity index (χ1v) is 7.59. The van der Waals surface area contributed by atoms with Crippen LogP contribution in [-0.4, -0.2) is 6.04 Å². The van der Waals surface area contributed by atoms with Gasteiger partial charge in [-0.15, -0.1) is 0 Å². The van der Waals surface area contributed by atoms with Crippen molar-refractivity contribution < 1.29 is 0 Å². The van der Waals surface area contributed by atoms with Gasteiger partial charge in [0.25, 0.3) is 0 Å². The molecule has 2 N–H and O–H groups in total. The monoisotopic (exact) mass is 245 g/mol. The third-order valence-corrected chi connectivity index (χ3v) is 4.62. The van der Waals surface area contributed by atoms with Gasteiger partial charge in [0.15, 0.2) is 0 Å². The van der Waals surface area contributed by atoms with Gasteiger partial charge in [0, 0.05) is 6.04 Å². The summed E-state index contributed by atoms with van der Waals surface area (Å²) >= 11 is 0. The number of nitrogens with two attached hydrogens (primary N) is 1. The molecule has 0 spiro atoms. The van der Waals surface area contributed by atoms with E-state index < -0.39 is 0 Å². The van der Waals surface area contributed by atoms with Crippen molar-refractivity contribution in [2.75, 3.05) is 0 Å². The van der Waals surface area contributed by atoms with Crippen LogP contribution in [0, 0.1) is 11.8 Å². The minimum absolute atomic E-state index is 0.402. The average molecular weight is 245 g/mol. The minimum Gasteiger partial charge on any atom is -0.327 e. The molecular weight excluding hydrogens is 218 g/mol. The van der Waals surface area contributed by atoms with Crippen molar-refractivity contribution in [2.45, 2.75) is 57.9 Å². The van der Waals surface area contributed by atoms with E-state index in [1.807, 2.05) is 0 Å². The van der Waals surface area contributed by atoms with Crippen LogP contribution in [0.2, 0.25) is 0 Å². The van der Waals surface area contributed by atoms with Gasteiger partial charge < -0.3 is 5.73 Å². The predicted molar refractivity (Wildman–Crippen MR) is 78.5 cm³/mol. The summed E-state index contributed by atoms with van der Waals surface area (Å²) in [6.45, 7) is 2.32. The van der Waals surface area contributed by atoms with Crippen molar-refractivity contribution in [3.05, 3.63) is 35.9 Å². The average Bonchev–Trinajstić information content (AvgIpc) is 2.46. The largest absolute Gasteiger partial charge is 0.327 e. The molecule has 1 heteroatoms. The van der Waals surface area contributed by atoms with Gasteiger partial charge in [-0.25, -0.2) is 0 Å². The van der Waals surface area contributed by atoms with E-state index in [9.17, 15) is 0 Å². The summed E-state index contributed by atoms with van der Waals surface area (Å²) in [5.41, 5.74) is 7.84. The Morgan fingerprint density at radius 2 is 2.00 bits per heavy atom. The summed E-state index contributed by atoms with van der Waals surface area (Å²) in [6, 6.07) is 11.1. The Labute approximate surface area is 112 Å². The van der Waals surface area contributed by atoms with Crippen LogP contribution in [-0.2, 0) is 6.42 Å². The van der Waals surface area contributed by atoms with Crippen LogP contribution in [0.3, 0.4) is 0 Å². The fourth-order valence-corrected chi connectivity index (χ4v) is 3.31. The first kappa shape index (κ1) is 13.6. The summed E-state index contributed by atoms with van der Waals surface area (Å²) < 4.78 is 0. The van der Waals surface area contributed by atoms with Crippen LogP contribution < -0.4 is 5.73 Å². The molecule has 1 fully saturated rings. The molecule has 0 aliphatic heterocycles. The molecule has 3 unspecified atom stereocenters. The summed E-state index contributed by atoms with van der Waals surface area (Å²) in [4.78, 5) is 0. The van der Waals surface area contributed by atoms with Crippen molar-refractivity contribution in [1.82, 2.24) is 0 Å². The molecule has 18 heavy (non-hydrogen) atoms. The molecule has 0 bridgehead atoms. The van der Waals surface area contributed by atoms with Gasteiger partial charge in [-0.05, 0) is 43.1 Å². The van der Waals surface area contributed by atoms with Gasteiger partial charge >= 0.3 is 0 Å². The van der Waals surface area contributed by atoms with Crippen LogP contribution in [0.25, 0.3) is 0 Å². The van der Waals surface area contributed by atoms with E-state index in [4.69, 9.17) is 5.73 Å². The lowest BCUT2D eigenvalue weighted by Gasteiger charge is -2.32. The molecule has 2 rings (SSSR count). The van der Waals surface area contributed by atoms with Crippen LogP contribution >= 0.6 is 0 Å². The second-order valence-electron chi connectivity index (χ2n) is 5.89. The van der Waals surface area contributed by atoms with E-state index in [2.05, 4.69) is 37.3 Å². The molecule has 1 aromatic rings. The lowest BCUT2D eigenvalue weighted by molar-refractivity contribution is 0.224. The molecule has 1 aliphatic carbocycles. The molecule has 0 saturated heterocycles. The lowest BCUT2D eigenvalue weighted by Crippen LogP contribution is -2.34. The van der Waals surface area contributed by atoms with E-state index in [1.54, 1.807) is 0 Å². The van der Waals surface area contributed by atoms with Gasteiger partial charge in [-0.3, -0.25) is 0 Å². The topological polar surface area (TPSA) is 26.0 Å². The van der Waals surface area contributed by atoms with Gasteiger partial charge in [-0.1, -0.05) is 56.5 Å². The van der Waals surface area contributed by atoms with E-state index in [0.29, 0.717) is 6.04 Å². The molecule has 100 valence electrons. The Kier molecular flexibility index (Phi) is 5.25. The van der Waals surface area contributed by atoms with Crippen molar-refractivity contribution in [2.24, 2.45) is 17.6 Å². The normalized spacial score (nSPS) is 25.9. The maximum Gasteiger partial charge on any atom is 0.00704 e. The predicted octanol–water partition coefficient (Wildman–Crippen LogP) is 4.16. The minimum atomic E-state index is 0.402. The summed E-state index contributed by atoms with van der Waals surface area (Å²) in [5.74, 6) is 1.71. The molecule has 1 saturated carbocycles. The highest BCUT2D eigenvalue weighted by molar-refractivity contribution is 5.14. The lowest BCUT2D eigenvalue weighted by atomic mass is 9.76. The van der Waals surface area contributed by atoms with E-state index >= 15 is 0 Å². The molecule has 1 nitrogen and oxygen atoms in total. The fourth-order valence-electron chi connectivity index (χ4n) is 3.31. The highest BCUT2D eigenvalue weighted by Gasteiger charge is 2.25. The van der Waals surface area contributed by atoms with Crippen molar-refractivity contribution in [3.63, 3.8) is 0 Å². The van der Waals surface area contributed by atoms with E-state index in [0.717, 1.165) is 24.7 Å². The molecule has 3 atom stereocenters. The highest BCUT2D eigenvalue weighted by Crippen LogP contribution is 2.33. The molecule has 0 radical (unpaired) electrons. The molecule has 0 heterocycles. The third kappa shape index (κ3) is 3.84. The molecular formula is C17H27N. The number of hydrogen-bond donors (Lipinski definition) is 1. The first-order valence-electron chi connectivity index (χ1n) is 7.59. The van der Waals surface area contributed by atoms with E-state index in [-0.39, 0.29) is 0 Å². The Morgan fingerprint density at radius 1 is 1.22 bits per heavy atom. The Bertz CT molecular complexity index is 333. The molecule has 1 aromatic carbocycles. The second-order valence-corrected chi connectivity index (χ2v) is 5.89. The van der Waals surface area contributed by atoms with Crippen LogP contribution in [0.4, 0.5) is 0 Å². The third-order valence-electron chi connectivity index (χ3n) is 4.62. The number of rotatable bonds is 5. The SMILES string of the molecule is CCC1CCCC(C(N)CCc2ccccc2)C1. The van der Waals surface area contributed by atoms with Gasteiger partial charge in [0.1, 0.15) is 0 Å². The van der Waals surface area contributed by atoms with Gasteiger partial charge in [0.2, 0.25) is 0 Å². The Morgan fingerprint density at radius 3 is 2.72 bits per heavy atom. The van der Waals surface area contributed by atoms with Crippen molar-refractivity contribution in [1.29, 1.82) is 0 Å². The van der Waals surface area contributed by atoms with Crippen molar-refractivity contribution in [3.8, 4) is 0 Å². The Balaban J connectivity index is 1.79. The number of aryl methyl sites for hydroxylation is 1. The summed E-state index contributed by atoms with van der Waals surface area (Å²) in [6.07, 6.45) is 9.15. The van der Waals surface area contributed by atoms with Gasteiger partial charge in [-0.2, -0.15) is 0 Å². The van der Waals surface area contributed by atoms with Crippen molar-refractivity contribution >= 4 is 0 Å². The van der Waals surface area contributed by atoms with E-state index in [1.165, 1.54) is 37.7 Å². The standard InChI is InChI=1S/C17H27N/c1-2-14-9-6-10-16(13-14)17(18)12-11-15-7-4-3-5-8-15/h3-5,7-8,14,16-17H,2,6,9-13,18H2,1H3. The zero-order valence-corrected chi connectivity index (χ0v) is 11.6. The molecule has 1 aliphatic rings. The number of benzene rings is 1. The van der Waals surface area contributed by atoms with Gasteiger partial charge in [0.05, 0.1) is 0 Å². The summed E-state index contributed by atoms with van der Waals surface area (Å²) in [5, 5.41) is 0.